The number of aromatic hydroxyl groups is 1. The van der Waals surface area contributed by atoms with Gasteiger partial charge in [-0.3, -0.25) is 4.79 Å². The Morgan fingerprint density at radius 1 is 0.652 bits per heavy atom. The molecule has 2 aromatic rings. The first-order valence-corrected chi connectivity index (χ1v) is 31.3. The zero-order chi connectivity index (χ0) is 64.1. The molecular weight excluding hydrogens is 1160 g/mol. The normalized spacial score (nSPS) is 44.2. The average molecular weight is 1260 g/mol. The van der Waals surface area contributed by atoms with Gasteiger partial charge in [-0.2, -0.15) is 0 Å². The van der Waals surface area contributed by atoms with Gasteiger partial charge in [0.05, 0.1) is 59.8 Å². The first-order valence-electron chi connectivity index (χ1n) is 31.3. The van der Waals surface area contributed by atoms with Gasteiger partial charge in [-0.05, 0) is 104 Å². The Kier molecular flexibility index (Phi) is 20.5. The van der Waals surface area contributed by atoms with Crippen molar-refractivity contribution in [3.05, 3.63) is 77.4 Å². The van der Waals surface area contributed by atoms with Crippen LogP contribution >= 0.6 is 0 Å². The molecule has 10 rings (SSSR count). The lowest BCUT2D eigenvalue weighted by atomic mass is 9.42. The van der Waals surface area contributed by atoms with E-state index in [2.05, 4.69) is 0 Å². The molecular formula is C65H92O24. The number of aliphatic hydroxyl groups excluding tert-OH is 2. The summed E-state index contributed by atoms with van der Waals surface area (Å²) in [6.45, 7) is 11.2. The van der Waals surface area contributed by atoms with Crippen LogP contribution in [-0.2, 0) is 75.8 Å². The van der Waals surface area contributed by atoms with Crippen LogP contribution in [0.25, 0.3) is 0 Å². The van der Waals surface area contributed by atoms with Crippen LogP contribution in [-0.4, -0.2) is 223 Å². The van der Waals surface area contributed by atoms with Gasteiger partial charge in [0, 0.05) is 66.0 Å². The molecule has 7 fully saturated rings. The van der Waals surface area contributed by atoms with Crippen molar-refractivity contribution in [1.29, 1.82) is 0 Å². The molecule has 2 aromatic carbocycles. The number of phenols is 1. The van der Waals surface area contributed by atoms with Gasteiger partial charge in [0.1, 0.15) is 83.6 Å². The number of hydrogen-bond acceptors (Lipinski definition) is 24. The fourth-order valence-electron chi connectivity index (χ4n) is 16.3. The molecule has 8 aliphatic rings. The maximum Gasteiger partial charge on any atom is 0.341 e. The summed E-state index contributed by atoms with van der Waals surface area (Å²) >= 11 is 0. The molecule has 24 nitrogen and oxygen atoms in total. The Labute approximate surface area is 519 Å². The molecule has 26 atom stereocenters. The van der Waals surface area contributed by atoms with Gasteiger partial charge in [-0.1, -0.05) is 48.9 Å². The van der Waals surface area contributed by atoms with Crippen LogP contribution in [0.15, 0.2) is 66.2 Å². The van der Waals surface area contributed by atoms with Gasteiger partial charge in [-0.25, -0.2) is 9.59 Å². The highest BCUT2D eigenvalue weighted by Crippen LogP contribution is 2.72. The number of ether oxygens (including phenoxy) is 15. The van der Waals surface area contributed by atoms with Crippen molar-refractivity contribution in [3.63, 3.8) is 0 Å². The summed E-state index contributed by atoms with van der Waals surface area (Å²) in [6, 6.07) is 14.3. The van der Waals surface area contributed by atoms with E-state index in [1.807, 2.05) is 26.8 Å². The zero-order valence-electron chi connectivity index (χ0n) is 52.7. The SMILES string of the molecule is CO[C@H]1[C@@H](O)[C@H](C)O[C@@H](O[C@@H]2[C@@H](C)O[C@@H](O[C@@H]3[C@@H](C)O[C@@H](O[C@@H]4[C@@H](C)O[C@@H](O[C@@H]5CC[C@@]6(COC(=O)c7ccccc7O)C(=CC[C@@]7(O)[C@@H]6C[C@H](OC(=O)c6ccccc6)[C@@]6(C)[C@@]7(O)CC[C@]6(O)[C@H](C)OC(C)=O)C5)C[C@H]4OC)C[C@H]3OC)C[C@H]2OC)[C@@H]1O. The minimum absolute atomic E-state index is 0.0706. The number of aliphatic hydroxyl groups is 5. The molecule has 0 spiro atoms. The Hall–Kier alpha value is -4.29. The highest BCUT2D eigenvalue weighted by molar-refractivity contribution is 5.92. The van der Waals surface area contributed by atoms with Crippen molar-refractivity contribution in [2.45, 2.75) is 252 Å². The van der Waals surface area contributed by atoms with Crippen molar-refractivity contribution in [2.75, 3.05) is 35.0 Å². The molecule has 6 N–H and O–H groups in total. The Morgan fingerprint density at radius 3 is 1.78 bits per heavy atom. The lowest BCUT2D eigenvalue weighted by Crippen LogP contribution is -2.79. The summed E-state index contributed by atoms with van der Waals surface area (Å²) in [7, 11) is 6.15. The number of fused-ring (bicyclic) bond motifs is 5. The van der Waals surface area contributed by atoms with Gasteiger partial charge in [0.15, 0.2) is 25.2 Å². The molecule has 0 aromatic heterocycles. The van der Waals surface area contributed by atoms with Gasteiger partial charge in [-0.15, -0.1) is 0 Å². The molecule has 4 saturated heterocycles. The highest BCUT2D eigenvalue weighted by Gasteiger charge is 2.82. The number of esters is 3. The number of hydrogen-bond donors (Lipinski definition) is 6. The van der Waals surface area contributed by atoms with Gasteiger partial charge < -0.3 is 102 Å². The lowest BCUT2D eigenvalue weighted by Gasteiger charge is -2.67. The van der Waals surface area contributed by atoms with Crippen LogP contribution in [0.2, 0.25) is 0 Å². The molecule has 4 aliphatic heterocycles. The van der Waals surface area contributed by atoms with E-state index in [9.17, 15) is 45.0 Å². The molecule has 496 valence electrons. The fourth-order valence-corrected chi connectivity index (χ4v) is 16.3. The van der Waals surface area contributed by atoms with E-state index >= 15 is 0 Å². The molecule has 0 radical (unpaired) electrons. The third-order valence-corrected chi connectivity index (χ3v) is 21.3. The Bertz CT molecular complexity index is 2810. The summed E-state index contributed by atoms with van der Waals surface area (Å²) in [5, 5.41) is 72.3. The van der Waals surface area contributed by atoms with E-state index < -0.39 is 174 Å². The van der Waals surface area contributed by atoms with Crippen LogP contribution in [0.1, 0.15) is 133 Å². The second-order valence-corrected chi connectivity index (χ2v) is 25.9. The zero-order valence-corrected chi connectivity index (χ0v) is 52.7. The molecule has 0 amide bonds. The number of benzene rings is 2. The Morgan fingerprint density at radius 2 is 1.21 bits per heavy atom. The number of rotatable bonds is 19. The van der Waals surface area contributed by atoms with Crippen LogP contribution in [0.4, 0.5) is 0 Å². The van der Waals surface area contributed by atoms with E-state index in [0.717, 1.165) is 5.57 Å². The highest BCUT2D eigenvalue weighted by atomic mass is 16.8. The third-order valence-electron chi connectivity index (χ3n) is 21.3. The quantitative estimate of drug-likeness (QED) is 0.0630. The third kappa shape index (κ3) is 12.4. The second-order valence-electron chi connectivity index (χ2n) is 25.9. The van der Waals surface area contributed by atoms with E-state index in [4.69, 9.17) is 71.1 Å². The van der Waals surface area contributed by atoms with Crippen molar-refractivity contribution >= 4 is 17.9 Å². The van der Waals surface area contributed by atoms with Gasteiger partial charge in [0.2, 0.25) is 0 Å². The van der Waals surface area contributed by atoms with Crippen LogP contribution in [0, 0.1) is 16.7 Å². The number of phenolic OH excluding ortho intramolecular Hbond substituents is 1. The van der Waals surface area contributed by atoms with Crippen molar-refractivity contribution in [1.82, 2.24) is 0 Å². The fraction of sp³-hybridized carbons (Fsp3) is 0.738. The van der Waals surface area contributed by atoms with Gasteiger partial charge in [0.25, 0.3) is 0 Å². The van der Waals surface area contributed by atoms with E-state index in [1.165, 1.54) is 33.1 Å². The number of carbonyl (C=O) groups excluding carboxylic acids is 3. The van der Waals surface area contributed by atoms with Crippen molar-refractivity contribution in [2.24, 2.45) is 16.7 Å². The maximum atomic E-state index is 14.2. The Balaban J connectivity index is 0.828. The second kappa shape index (κ2) is 27.0. The lowest BCUT2D eigenvalue weighted by molar-refractivity contribution is -0.356. The van der Waals surface area contributed by atoms with Crippen LogP contribution in [0.3, 0.4) is 0 Å². The molecule has 3 saturated carbocycles. The predicted octanol–water partition coefficient (Wildman–Crippen LogP) is 4.71. The maximum absolute atomic E-state index is 14.2. The van der Waals surface area contributed by atoms with Crippen molar-refractivity contribution in [3.8, 4) is 5.75 Å². The molecule has 4 heterocycles. The molecule has 89 heavy (non-hydrogen) atoms. The largest absolute Gasteiger partial charge is 0.507 e. The number of carbonyl (C=O) groups is 3. The summed E-state index contributed by atoms with van der Waals surface area (Å²) in [4.78, 5) is 40.7. The van der Waals surface area contributed by atoms with Gasteiger partial charge >= 0.3 is 17.9 Å². The topological polar surface area (TPSA) is 311 Å². The van der Waals surface area contributed by atoms with E-state index in [-0.39, 0.29) is 81.3 Å². The minimum Gasteiger partial charge on any atom is -0.507 e. The first-order chi connectivity index (χ1) is 42.3. The standard InChI is InChI=1S/C65H92O24/c1-33-52(68)57(78-11)53(69)60(83-33)89-56-36(4)82-51(30-46(56)77-10)88-55-35(3)81-50(29-45(55)76-9)87-54-34(2)80-49(28-44(54)75-8)85-41-22-23-62(32-79-59(71)42-19-15-16-20-43(42)67)40(27-41)21-24-64(73)47(62)31-48(86-58(70)39-17-13-12-14-18-39)61(7)63(72,25-26-65(61,64)74)37(5)84-38(6)66/h12-21,33-37,41,44-57,60,67-69,72-74H,22-32H2,1-11H3/t33-,34+,35+,36+,37-,41+,44+,45+,46+,47+,48-,49-,50-,51-,52-,53+,54+,55+,56+,57-,60-,61+,62+,63-,64+,65-/m0/s1. The monoisotopic (exact) mass is 1260 g/mol. The predicted molar refractivity (Wildman–Crippen MR) is 310 cm³/mol. The molecule has 0 unspecified atom stereocenters. The first kappa shape index (κ1) is 67.6. The molecule has 4 aliphatic carbocycles. The summed E-state index contributed by atoms with van der Waals surface area (Å²) < 4.78 is 93.4. The van der Waals surface area contributed by atoms with E-state index in [1.54, 1.807) is 77.6 Å². The van der Waals surface area contributed by atoms with Crippen LogP contribution in [0.5, 0.6) is 5.75 Å². The molecule has 0 bridgehead atoms. The summed E-state index contributed by atoms with van der Waals surface area (Å²) in [6.07, 6.45) is -12.3. The average Bonchev–Trinajstić information content (AvgIpc) is 1.60. The van der Waals surface area contributed by atoms with Crippen LogP contribution < -0.4 is 0 Å². The number of methoxy groups -OCH3 is 4. The number of para-hydroxylation sites is 1. The summed E-state index contributed by atoms with van der Waals surface area (Å²) in [5.74, 6) is -3.47. The smallest absolute Gasteiger partial charge is 0.341 e. The van der Waals surface area contributed by atoms with Crippen molar-refractivity contribution < 1.29 is 116 Å². The summed E-state index contributed by atoms with van der Waals surface area (Å²) in [5.41, 5.74) is -8.36. The molecule has 24 heteroatoms. The van der Waals surface area contributed by atoms with E-state index in [0.29, 0.717) is 6.42 Å². The minimum atomic E-state index is -2.18.